The monoisotopic (exact) mass is 254 g/mol. The van der Waals surface area contributed by atoms with E-state index in [0.717, 1.165) is 23.0 Å². The average molecular weight is 254 g/mol. The van der Waals surface area contributed by atoms with Gasteiger partial charge in [-0.3, -0.25) is 0 Å². The van der Waals surface area contributed by atoms with E-state index in [4.69, 9.17) is 9.52 Å². The molecule has 1 fully saturated rings. The van der Waals surface area contributed by atoms with Gasteiger partial charge in [0.1, 0.15) is 5.76 Å². The smallest absolute Gasteiger partial charge is 0.371 e. The molecule has 0 unspecified atom stereocenters. The molecule has 4 heteroatoms. The maximum absolute atomic E-state index is 10.7. The van der Waals surface area contributed by atoms with Crippen molar-refractivity contribution in [2.24, 2.45) is 5.92 Å². The first-order valence-corrected chi connectivity index (χ1v) is 7.22. The fourth-order valence-corrected chi connectivity index (χ4v) is 3.57. The number of thioether (sulfide) groups is 1. The van der Waals surface area contributed by atoms with Crippen LogP contribution in [0.3, 0.4) is 0 Å². The van der Waals surface area contributed by atoms with Gasteiger partial charge in [0.2, 0.25) is 5.76 Å². The van der Waals surface area contributed by atoms with Gasteiger partial charge in [0.15, 0.2) is 0 Å². The minimum absolute atomic E-state index is 0.0546. The quantitative estimate of drug-likeness (QED) is 0.870. The number of hydrogen-bond donors (Lipinski definition) is 1. The Labute approximate surface area is 106 Å². The first-order valence-electron chi connectivity index (χ1n) is 6.07. The van der Waals surface area contributed by atoms with Gasteiger partial charge < -0.3 is 9.52 Å². The molecule has 1 aliphatic carbocycles. The van der Waals surface area contributed by atoms with Crippen LogP contribution in [-0.2, 0) is 5.75 Å². The molecule has 1 saturated carbocycles. The van der Waals surface area contributed by atoms with Crippen LogP contribution in [-0.4, -0.2) is 16.8 Å². The third-order valence-electron chi connectivity index (χ3n) is 3.32. The van der Waals surface area contributed by atoms with E-state index in [-0.39, 0.29) is 5.76 Å². The molecular formula is C13H18O3S. The largest absolute Gasteiger partial charge is 0.475 e. The van der Waals surface area contributed by atoms with E-state index in [1.165, 1.54) is 31.4 Å². The summed E-state index contributed by atoms with van der Waals surface area (Å²) in [4.78, 5) is 10.7. The second-order valence-corrected chi connectivity index (χ2v) is 5.69. The Morgan fingerprint density at radius 2 is 2.24 bits per heavy atom. The van der Waals surface area contributed by atoms with Crippen molar-refractivity contribution in [3.8, 4) is 0 Å². The van der Waals surface area contributed by atoms with Gasteiger partial charge in [-0.2, -0.15) is 11.8 Å². The number of carbonyl (C=O) groups is 1. The SMILES string of the molecule is Cc1oc(C(=O)O)cc1CSCC1CCCC1. The third-order valence-corrected chi connectivity index (χ3v) is 4.54. The molecule has 0 atom stereocenters. The van der Waals surface area contributed by atoms with Gasteiger partial charge in [-0.1, -0.05) is 12.8 Å². The second-order valence-electron chi connectivity index (χ2n) is 4.66. The Morgan fingerprint density at radius 3 is 2.82 bits per heavy atom. The summed E-state index contributed by atoms with van der Waals surface area (Å²) < 4.78 is 5.19. The van der Waals surface area contributed by atoms with Crippen molar-refractivity contribution in [3.63, 3.8) is 0 Å². The predicted molar refractivity (Wildman–Crippen MR) is 68.5 cm³/mol. The zero-order chi connectivity index (χ0) is 12.3. The summed E-state index contributed by atoms with van der Waals surface area (Å²) in [7, 11) is 0. The van der Waals surface area contributed by atoms with Gasteiger partial charge in [-0.25, -0.2) is 4.79 Å². The van der Waals surface area contributed by atoms with Crippen LogP contribution >= 0.6 is 11.8 Å². The Bertz CT molecular complexity index is 391. The number of hydrogen-bond acceptors (Lipinski definition) is 3. The van der Waals surface area contributed by atoms with Gasteiger partial charge in [-0.15, -0.1) is 0 Å². The molecule has 0 radical (unpaired) electrons. The minimum Gasteiger partial charge on any atom is -0.475 e. The van der Waals surface area contributed by atoms with Crippen molar-refractivity contribution in [1.82, 2.24) is 0 Å². The maximum Gasteiger partial charge on any atom is 0.371 e. The first-order chi connectivity index (χ1) is 8.16. The molecule has 94 valence electrons. The zero-order valence-corrected chi connectivity index (χ0v) is 10.9. The molecule has 17 heavy (non-hydrogen) atoms. The number of carboxylic acids is 1. The topological polar surface area (TPSA) is 50.4 Å². The molecule has 1 N–H and O–H groups in total. The molecular weight excluding hydrogens is 236 g/mol. The summed E-state index contributed by atoms with van der Waals surface area (Å²) in [6, 6.07) is 1.65. The van der Waals surface area contributed by atoms with Crippen molar-refractivity contribution < 1.29 is 14.3 Å². The fraction of sp³-hybridized carbons (Fsp3) is 0.615. The maximum atomic E-state index is 10.7. The van der Waals surface area contributed by atoms with Crippen LogP contribution in [0.25, 0.3) is 0 Å². The number of furan rings is 1. The molecule has 3 nitrogen and oxygen atoms in total. The predicted octanol–water partition coefficient (Wildman–Crippen LogP) is 3.71. The van der Waals surface area contributed by atoms with Crippen LogP contribution in [0.4, 0.5) is 0 Å². The fourth-order valence-electron chi connectivity index (χ4n) is 2.28. The zero-order valence-electron chi connectivity index (χ0n) is 10.1. The third kappa shape index (κ3) is 3.28. The standard InChI is InChI=1S/C13H18O3S/c1-9-11(6-12(16-9)13(14)15)8-17-7-10-4-2-3-5-10/h6,10H,2-5,7-8H2,1H3,(H,14,15). The van der Waals surface area contributed by atoms with E-state index in [1.54, 1.807) is 6.07 Å². The summed E-state index contributed by atoms with van der Waals surface area (Å²) in [5.41, 5.74) is 1.02. The van der Waals surface area contributed by atoms with E-state index < -0.39 is 5.97 Å². The highest BCUT2D eigenvalue weighted by atomic mass is 32.2. The number of aromatic carboxylic acids is 1. The minimum atomic E-state index is -0.986. The highest BCUT2D eigenvalue weighted by Gasteiger charge is 2.16. The van der Waals surface area contributed by atoms with Crippen molar-refractivity contribution >= 4 is 17.7 Å². The summed E-state index contributed by atoms with van der Waals surface area (Å²) in [6.45, 7) is 1.83. The Kier molecular flexibility index (Phi) is 4.15. The van der Waals surface area contributed by atoms with E-state index in [2.05, 4.69) is 0 Å². The van der Waals surface area contributed by atoms with Crippen molar-refractivity contribution in [3.05, 3.63) is 23.2 Å². The number of carboxylic acid groups (broad SMARTS) is 1. The van der Waals surface area contributed by atoms with Crippen LogP contribution in [0.5, 0.6) is 0 Å². The highest BCUT2D eigenvalue weighted by molar-refractivity contribution is 7.98. The molecule has 0 saturated heterocycles. The van der Waals surface area contributed by atoms with E-state index >= 15 is 0 Å². The summed E-state index contributed by atoms with van der Waals surface area (Å²) >= 11 is 1.89. The number of rotatable bonds is 5. The lowest BCUT2D eigenvalue weighted by atomic mass is 10.1. The van der Waals surface area contributed by atoms with Gasteiger partial charge in [-0.05, 0) is 37.5 Å². The van der Waals surface area contributed by atoms with Crippen molar-refractivity contribution in [2.45, 2.75) is 38.4 Å². The van der Waals surface area contributed by atoms with Gasteiger partial charge in [0.05, 0.1) is 0 Å². The van der Waals surface area contributed by atoms with Gasteiger partial charge >= 0.3 is 5.97 Å². The molecule has 0 aromatic carbocycles. The highest BCUT2D eigenvalue weighted by Crippen LogP contribution is 2.29. The van der Waals surface area contributed by atoms with E-state index in [9.17, 15) is 4.79 Å². The lowest BCUT2D eigenvalue weighted by molar-refractivity contribution is 0.0661. The summed E-state index contributed by atoms with van der Waals surface area (Å²) in [6.07, 6.45) is 5.47. The Hall–Kier alpha value is -0.900. The Balaban J connectivity index is 1.83. The molecule has 0 bridgehead atoms. The van der Waals surface area contributed by atoms with Crippen LogP contribution in [0, 0.1) is 12.8 Å². The average Bonchev–Trinajstić information content (AvgIpc) is 2.89. The van der Waals surface area contributed by atoms with Crippen LogP contribution in [0.2, 0.25) is 0 Å². The van der Waals surface area contributed by atoms with Crippen molar-refractivity contribution in [2.75, 3.05) is 5.75 Å². The molecule has 2 rings (SSSR count). The Morgan fingerprint density at radius 1 is 1.53 bits per heavy atom. The number of aryl methyl sites for hydroxylation is 1. The molecule has 1 heterocycles. The summed E-state index contributed by atoms with van der Waals surface area (Å²) in [5, 5.41) is 8.82. The van der Waals surface area contributed by atoms with Gasteiger partial charge in [0.25, 0.3) is 0 Å². The second kappa shape index (κ2) is 5.63. The lowest BCUT2D eigenvalue weighted by Gasteiger charge is -2.07. The first kappa shape index (κ1) is 12.6. The van der Waals surface area contributed by atoms with Crippen LogP contribution in [0.15, 0.2) is 10.5 Å². The molecule has 0 amide bonds. The molecule has 1 aromatic heterocycles. The van der Waals surface area contributed by atoms with Crippen molar-refractivity contribution in [1.29, 1.82) is 0 Å². The van der Waals surface area contributed by atoms with E-state index in [1.807, 2.05) is 18.7 Å². The molecule has 0 spiro atoms. The lowest BCUT2D eigenvalue weighted by Crippen LogP contribution is -1.97. The molecule has 1 aliphatic rings. The van der Waals surface area contributed by atoms with Crippen LogP contribution in [0.1, 0.15) is 47.6 Å². The van der Waals surface area contributed by atoms with Gasteiger partial charge in [0, 0.05) is 11.3 Å². The van der Waals surface area contributed by atoms with Crippen LogP contribution < -0.4 is 0 Å². The van der Waals surface area contributed by atoms with E-state index in [0.29, 0.717) is 0 Å². The molecule has 0 aliphatic heterocycles. The summed E-state index contributed by atoms with van der Waals surface area (Å²) in [5.74, 6) is 2.72. The normalized spacial score (nSPS) is 16.5. The molecule has 1 aromatic rings.